The van der Waals surface area contributed by atoms with Gasteiger partial charge in [-0.05, 0) is 37.0 Å². The molecular formula is C18H21N3O. The number of carbonyl (C=O) groups is 1. The Kier molecular flexibility index (Phi) is 4.37. The molecule has 1 aromatic heterocycles. The molecule has 0 spiro atoms. The Morgan fingerprint density at radius 2 is 2.00 bits per heavy atom. The predicted octanol–water partition coefficient (Wildman–Crippen LogP) is 3.50. The first-order valence-corrected chi connectivity index (χ1v) is 7.87. The molecular weight excluding hydrogens is 274 g/mol. The largest absolute Gasteiger partial charge is 0.370 e. The first kappa shape index (κ1) is 14.6. The van der Waals surface area contributed by atoms with Crippen molar-refractivity contribution in [1.82, 2.24) is 4.98 Å². The van der Waals surface area contributed by atoms with E-state index in [0.29, 0.717) is 5.56 Å². The number of anilines is 2. The lowest BCUT2D eigenvalue weighted by atomic mass is 10.1. The molecule has 0 saturated carbocycles. The summed E-state index contributed by atoms with van der Waals surface area (Å²) in [6, 6.07) is 9.84. The standard InChI is InChI=1S/C18H21N3O/c1-2-14-7-3-4-8-17(14)20-18(22)15-11-16(13-19-12-15)21-9-5-6-10-21/h3-4,7-8,11-13H,2,5-6,9-10H2,1H3,(H,20,22). The molecule has 1 saturated heterocycles. The van der Waals surface area contributed by atoms with Crippen molar-refractivity contribution in [3.05, 3.63) is 53.9 Å². The number of aryl methyl sites for hydroxylation is 1. The lowest BCUT2D eigenvalue weighted by molar-refractivity contribution is 0.102. The average Bonchev–Trinajstić information content (AvgIpc) is 3.10. The highest BCUT2D eigenvalue weighted by molar-refractivity contribution is 6.05. The van der Waals surface area contributed by atoms with Crippen LogP contribution >= 0.6 is 0 Å². The zero-order valence-electron chi connectivity index (χ0n) is 12.9. The van der Waals surface area contributed by atoms with Crippen LogP contribution < -0.4 is 10.2 Å². The van der Waals surface area contributed by atoms with E-state index in [2.05, 4.69) is 22.1 Å². The topological polar surface area (TPSA) is 45.2 Å². The maximum atomic E-state index is 12.5. The van der Waals surface area contributed by atoms with E-state index in [0.717, 1.165) is 36.4 Å². The maximum absolute atomic E-state index is 12.5. The van der Waals surface area contributed by atoms with Crippen LogP contribution in [0.1, 0.15) is 35.7 Å². The smallest absolute Gasteiger partial charge is 0.257 e. The van der Waals surface area contributed by atoms with Crippen LogP contribution in [0.25, 0.3) is 0 Å². The second kappa shape index (κ2) is 6.60. The van der Waals surface area contributed by atoms with Crippen molar-refractivity contribution < 1.29 is 4.79 Å². The molecule has 0 radical (unpaired) electrons. The summed E-state index contributed by atoms with van der Waals surface area (Å²) in [5, 5.41) is 3.00. The van der Waals surface area contributed by atoms with Gasteiger partial charge >= 0.3 is 0 Å². The van der Waals surface area contributed by atoms with Crippen LogP contribution in [0, 0.1) is 0 Å². The fourth-order valence-corrected chi connectivity index (χ4v) is 2.85. The van der Waals surface area contributed by atoms with Crippen LogP contribution in [0.2, 0.25) is 0 Å². The molecule has 22 heavy (non-hydrogen) atoms. The summed E-state index contributed by atoms with van der Waals surface area (Å²) in [6.45, 7) is 4.18. The molecule has 1 aromatic carbocycles. The summed E-state index contributed by atoms with van der Waals surface area (Å²) in [5.74, 6) is -0.102. The van der Waals surface area contributed by atoms with Gasteiger partial charge in [-0.1, -0.05) is 25.1 Å². The third-order valence-electron chi connectivity index (χ3n) is 4.10. The zero-order chi connectivity index (χ0) is 15.4. The Labute approximate surface area is 131 Å². The van der Waals surface area contributed by atoms with E-state index >= 15 is 0 Å². The number of amides is 1. The summed E-state index contributed by atoms with van der Waals surface area (Å²) in [6.07, 6.45) is 6.77. The molecule has 1 fully saturated rings. The number of benzene rings is 1. The van der Waals surface area contributed by atoms with E-state index in [1.165, 1.54) is 12.8 Å². The number of hydrogen-bond acceptors (Lipinski definition) is 3. The van der Waals surface area contributed by atoms with E-state index in [-0.39, 0.29) is 5.91 Å². The third kappa shape index (κ3) is 3.11. The molecule has 0 unspecified atom stereocenters. The lowest BCUT2D eigenvalue weighted by Crippen LogP contribution is -2.19. The molecule has 4 heteroatoms. The minimum absolute atomic E-state index is 0.102. The second-order valence-electron chi connectivity index (χ2n) is 5.59. The molecule has 0 aliphatic carbocycles. The minimum atomic E-state index is -0.102. The average molecular weight is 295 g/mol. The molecule has 2 heterocycles. The predicted molar refractivity (Wildman–Crippen MR) is 89.5 cm³/mol. The molecule has 3 rings (SSSR count). The van der Waals surface area contributed by atoms with Crippen molar-refractivity contribution in [2.45, 2.75) is 26.2 Å². The lowest BCUT2D eigenvalue weighted by Gasteiger charge is -2.17. The first-order valence-electron chi connectivity index (χ1n) is 7.87. The number of aromatic nitrogens is 1. The molecule has 1 amide bonds. The Balaban J connectivity index is 1.78. The van der Waals surface area contributed by atoms with Gasteiger partial charge in [-0.25, -0.2) is 0 Å². The number of nitrogens with one attached hydrogen (secondary N) is 1. The van der Waals surface area contributed by atoms with Gasteiger partial charge in [-0.3, -0.25) is 9.78 Å². The van der Waals surface area contributed by atoms with Crippen LogP contribution in [0.15, 0.2) is 42.7 Å². The van der Waals surface area contributed by atoms with Crippen LogP contribution in [0.3, 0.4) is 0 Å². The van der Waals surface area contributed by atoms with Gasteiger partial charge in [0.2, 0.25) is 0 Å². The van der Waals surface area contributed by atoms with Gasteiger partial charge < -0.3 is 10.2 Å². The van der Waals surface area contributed by atoms with E-state index in [4.69, 9.17) is 0 Å². The van der Waals surface area contributed by atoms with E-state index in [1.54, 1.807) is 6.20 Å². The fraction of sp³-hybridized carbons (Fsp3) is 0.333. The van der Waals surface area contributed by atoms with Crippen LogP contribution in [-0.4, -0.2) is 24.0 Å². The van der Waals surface area contributed by atoms with Gasteiger partial charge in [0.15, 0.2) is 0 Å². The quantitative estimate of drug-likeness (QED) is 0.939. The number of rotatable bonds is 4. The van der Waals surface area contributed by atoms with Crippen molar-refractivity contribution in [3.63, 3.8) is 0 Å². The highest BCUT2D eigenvalue weighted by atomic mass is 16.1. The number of nitrogens with zero attached hydrogens (tertiary/aromatic N) is 2. The molecule has 1 aliphatic rings. The Morgan fingerprint density at radius 3 is 2.77 bits per heavy atom. The summed E-state index contributed by atoms with van der Waals surface area (Å²) < 4.78 is 0. The first-order chi connectivity index (χ1) is 10.8. The maximum Gasteiger partial charge on any atom is 0.257 e. The second-order valence-corrected chi connectivity index (χ2v) is 5.59. The minimum Gasteiger partial charge on any atom is -0.370 e. The van der Waals surface area contributed by atoms with E-state index < -0.39 is 0 Å². The number of carbonyl (C=O) groups excluding carboxylic acids is 1. The van der Waals surface area contributed by atoms with Gasteiger partial charge in [0, 0.05) is 25.0 Å². The summed E-state index contributed by atoms with van der Waals surface area (Å²) in [5.41, 5.74) is 3.66. The van der Waals surface area contributed by atoms with Crippen molar-refractivity contribution in [2.75, 3.05) is 23.3 Å². The molecule has 0 atom stereocenters. The molecule has 4 nitrogen and oxygen atoms in total. The molecule has 2 aromatic rings. The SMILES string of the molecule is CCc1ccccc1NC(=O)c1cncc(N2CCCC2)c1. The fourth-order valence-electron chi connectivity index (χ4n) is 2.85. The van der Waals surface area contributed by atoms with Crippen molar-refractivity contribution in [1.29, 1.82) is 0 Å². The molecule has 1 N–H and O–H groups in total. The van der Waals surface area contributed by atoms with E-state index in [1.807, 2.05) is 36.5 Å². The van der Waals surface area contributed by atoms with Crippen LogP contribution in [0.5, 0.6) is 0 Å². The number of para-hydroxylation sites is 1. The number of pyridine rings is 1. The Bertz CT molecular complexity index is 663. The Hall–Kier alpha value is -2.36. The van der Waals surface area contributed by atoms with Crippen molar-refractivity contribution in [3.8, 4) is 0 Å². The summed E-state index contributed by atoms with van der Waals surface area (Å²) in [4.78, 5) is 19.0. The van der Waals surface area contributed by atoms with Gasteiger partial charge in [-0.15, -0.1) is 0 Å². The summed E-state index contributed by atoms with van der Waals surface area (Å²) in [7, 11) is 0. The molecule has 1 aliphatic heterocycles. The van der Waals surface area contributed by atoms with Gasteiger partial charge in [0.25, 0.3) is 5.91 Å². The monoisotopic (exact) mass is 295 g/mol. The molecule has 114 valence electrons. The highest BCUT2D eigenvalue weighted by Gasteiger charge is 2.15. The third-order valence-corrected chi connectivity index (χ3v) is 4.10. The summed E-state index contributed by atoms with van der Waals surface area (Å²) >= 11 is 0. The van der Waals surface area contributed by atoms with Crippen LogP contribution in [0.4, 0.5) is 11.4 Å². The Morgan fingerprint density at radius 1 is 1.23 bits per heavy atom. The normalized spacial score (nSPS) is 14.1. The van der Waals surface area contributed by atoms with Gasteiger partial charge in [0.1, 0.15) is 0 Å². The van der Waals surface area contributed by atoms with Crippen molar-refractivity contribution >= 4 is 17.3 Å². The highest BCUT2D eigenvalue weighted by Crippen LogP contribution is 2.21. The van der Waals surface area contributed by atoms with E-state index in [9.17, 15) is 4.79 Å². The van der Waals surface area contributed by atoms with Crippen molar-refractivity contribution in [2.24, 2.45) is 0 Å². The zero-order valence-corrected chi connectivity index (χ0v) is 12.9. The number of hydrogen-bond donors (Lipinski definition) is 1. The van der Waals surface area contributed by atoms with Gasteiger partial charge in [0.05, 0.1) is 17.4 Å². The van der Waals surface area contributed by atoms with Gasteiger partial charge in [-0.2, -0.15) is 0 Å². The molecule has 0 bridgehead atoms. The van der Waals surface area contributed by atoms with Crippen LogP contribution in [-0.2, 0) is 6.42 Å².